The van der Waals surface area contributed by atoms with Crippen LogP contribution in [0.1, 0.15) is 12.0 Å². The summed E-state index contributed by atoms with van der Waals surface area (Å²) in [6.45, 7) is 2.12. The van der Waals surface area contributed by atoms with Gasteiger partial charge in [0.25, 0.3) is 5.76 Å². The number of carbonyl (C=O) groups excluding carboxylic acids is 1. The van der Waals surface area contributed by atoms with Crippen LogP contribution in [0.4, 0.5) is 14.5 Å². The van der Waals surface area contributed by atoms with Crippen molar-refractivity contribution in [2.45, 2.75) is 24.0 Å². The van der Waals surface area contributed by atoms with Gasteiger partial charge in [0, 0.05) is 10.6 Å². The summed E-state index contributed by atoms with van der Waals surface area (Å²) in [6.07, 6.45) is 0.128. The van der Waals surface area contributed by atoms with Crippen LogP contribution < -0.4 is 14.8 Å². The Kier molecular flexibility index (Phi) is 7.06. The summed E-state index contributed by atoms with van der Waals surface area (Å²) >= 11 is 0.437. The van der Waals surface area contributed by atoms with Crippen LogP contribution >= 0.6 is 11.8 Å². The molecule has 134 valence electrons. The lowest BCUT2D eigenvalue weighted by molar-refractivity contribution is -0.116. The van der Waals surface area contributed by atoms with E-state index in [9.17, 15) is 13.6 Å². The van der Waals surface area contributed by atoms with Crippen molar-refractivity contribution in [1.29, 1.82) is 0 Å². The second kappa shape index (κ2) is 9.27. The lowest BCUT2D eigenvalue weighted by atomic mass is 10.2. The number of rotatable bonds is 8. The Hall–Kier alpha value is -2.28. The fraction of sp³-hybridized carbons (Fsp3) is 0.278. The minimum absolute atomic E-state index is 0.128. The average Bonchev–Trinajstić information content (AvgIpc) is 2.55. The summed E-state index contributed by atoms with van der Waals surface area (Å²) in [5.41, 5.74) is 1.52. The van der Waals surface area contributed by atoms with Crippen LogP contribution in [0.5, 0.6) is 11.5 Å². The molecule has 1 N–H and O–H groups in total. The molecule has 0 bridgehead atoms. The minimum atomic E-state index is -2.50. The molecule has 0 radical (unpaired) electrons. The number of amides is 1. The van der Waals surface area contributed by atoms with Crippen LogP contribution in [-0.2, 0) is 4.79 Å². The molecule has 0 aliphatic carbocycles. The quantitative estimate of drug-likeness (QED) is 0.686. The number of aryl methyl sites for hydroxylation is 1. The van der Waals surface area contributed by atoms with E-state index in [-0.39, 0.29) is 18.9 Å². The van der Waals surface area contributed by atoms with E-state index in [0.717, 1.165) is 5.56 Å². The van der Waals surface area contributed by atoms with Crippen molar-refractivity contribution in [1.82, 2.24) is 0 Å². The number of halogens is 2. The standard InChI is InChI=1S/C18H19F2NO3S/c1-12-6-7-15(16(10-12)23-2)24-9-8-17(22)21-13-4-3-5-14(11-13)25-18(19)20/h3-7,10-11,18H,8-9H2,1-2H3,(H,21,22). The third kappa shape index (κ3) is 6.26. The lowest BCUT2D eigenvalue weighted by Crippen LogP contribution is -2.15. The average molecular weight is 367 g/mol. The zero-order chi connectivity index (χ0) is 18.2. The Bertz CT molecular complexity index is 725. The van der Waals surface area contributed by atoms with Gasteiger partial charge in [0.1, 0.15) is 0 Å². The highest BCUT2D eigenvalue weighted by Crippen LogP contribution is 2.28. The highest BCUT2D eigenvalue weighted by Gasteiger charge is 2.09. The Morgan fingerprint density at radius 2 is 2.00 bits per heavy atom. The zero-order valence-corrected chi connectivity index (χ0v) is 14.7. The van der Waals surface area contributed by atoms with Gasteiger partial charge in [-0.2, -0.15) is 8.78 Å². The first-order valence-electron chi connectivity index (χ1n) is 7.60. The van der Waals surface area contributed by atoms with E-state index >= 15 is 0 Å². The van der Waals surface area contributed by atoms with Crippen LogP contribution in [0.25, 0.3) is 0 Å². The maximum atomic E-state index is 12.4. The van der Waals surface area contributed by atoms with Gasteiger partial charge in [0.05, 0.1) is 20.1 Å². The maximum Gasteiger partial charge on any atom is 0.288 e. The fourth-order valence-electron chi connectivity index (χ4n) is 2.12. The Morgan fingerprint density at radius 3 is 2.72 bits per heavy atom. The van der Waals surface area contributed by atoms with Crippen LogP contribution in [0.3, 0.4) is 0 Å². The van der Waals surface area contributed by atoms with E-state index in [0.29, 0.717) is 33.8 Å². The molecule has 2 aromatic carbocycles. The van der Waals surface area contributed by atoms with Crippen molar-refractivity contribution < 1.29 is 23.0 Å². The predicted molar refractivity (Wildman–Crippen MR) is 94.8 cm³/mol. The molecule has 0 unspecified atom stereocenters. The smallest absolute Gasteiger partial charge is 0.288 e. The largest absolute Gasteiger partial charge is 0.493 e. The van der Waals surface area contributed by atoms with Gasteiger partial charge >= 0.3 is 0 Å². The Morgan fingerprint density at radius 1 is 1.20 bits per heavy atom. The monoisotopic (exact) mass is 367 g/mol. The molecule has 0 saturated heterocycles. The normalized spacial score (nSPS) is 10.6. The molecule has 1 amide bonds. The summed E-state index contributed by atoms with van der Waals surface area (Å²) in [5.74, 6) is -1.58. The number of thioether (sulfide) groups is 1. The molecular formula is C18H19F2NO3S. The Labute approximate surface area is 149 Å². The topological polar surface area (TPSA) is 47.6 Å². The van der Waals surface area contributed by atoms with Crippen LogP contribution in [-0.4, -0.2) is 25.4 Å². The van der Waals surface area contributed by atoms with E-state index in [1.807, 2.05) is 19.1 Å². The van der Waals surface area contributed by atoms with Crippen LogP contribution in [0, 0.1) is 6.92 Å². The molecule has 0 fully saturated rings. The van der Waals surface area contributed by atoms with Crippen molar-refractivity contribution in [2.24, 2.45) is 0 Å². The summed E-state index contributed by atoms with van der Waals surface area (Å²) in [6, 6.07) is 11.9. The van der Waals surface area contributed by atoms with E-state index < -0.39 is 5.76 Å². The Balaban J connectivity index is 1.85. The molecule has 0 atom stereocenters. The van der Waals surface area contributed by atoms with E-state index in [2.05, 4.69) is 5.32 Å². The summed E-state index contributed by atoms with van der Waals surface area (Å²) in [7, 11) is 1.55. The van der Waals surface area contributed by atoms with Gasteiger partial charge in [-0.3, -0.25) is 4.79 Å². The highest BCUT2D eigenvalue weighted by atomic mass is 32.2. The number of nitrogens with one attached hydrogen (secondary N) is 1. The molecule has 2 aromatic rings. The number of carbonyl (C=O) groups is 1. The van der Waals surface area contributed by atoms with Crippen LogP contribution in [0.15, 0.2) is 47.4 Å². The molecule has 0 saturated carbocycles. The van der Waals surface area contributed by atoms with Gasteiger partial charge in [0.2, 0.25) is 5.91 Å². The molecule has 0 aliphatic rings. The molecule has 0 aliphatic heterocycles. The SMILES string of the molecule is COc1cc(C)ccc1OCCC(=O)Nc1cccc(SC(F)F)c1. The van der Waals surface area contributed by atoms with Gasteiger partial charge in [0.15, 0.2) is 11.5 Å². The van der Waals surface area contributed by atoms with Gasteiger partial charge in [-0.25, -0.2) is 0 Å². The number of methoxy groups -OCH3 is 1. The van der Waals surface area contributed by atoms with Gasteiger partial charge in [-0.05, 0) is 42.8 Å². The molecule has 7 heteroatoms. The number of hydrogen-bond acceptors (Lipinski definition) is 4. The number of alkyl halides is 2. The molecule has 0 heterocycles. The maximum absolute atomic E-state index is 12.4. The molecule has 2 rings (SSSR count). The third-order valence-corrected chi connectivity index (χ3v) is 3.95. The van der Waals surface area contributed by atoms with Crippen molar-refractivity contribution in [3.05, 3.63) is 48.0 Å². The molecule has 0 spiro atoms. The first-order chi connectivity index (χ1) is 12.0. The molecular weight excluding hydrogens is 348 g/mol. The summed E-state index contributed by atoms with van der Waals surface area (Å²) in [4.78, 5) is 12.4. The van der Waals surface area contributed by atoms with Crippen molar-refractivity contribution in [2.75, 3.05) is 19.0 Å². The predicted octanol–water partition coefficient (Wildman–Crippen LogP) is 4.73. The summed E-state index contributed by atoms with van der Waals surface area (Å²) < 4.78 is 35.6. The van der Waals surface area contributed by atoms with Crippen LogP contribution in [0.2, 0.25) is 0 Å². The minimum Gasteiger partial charge on any atom is -0.493 e. The van der Waals surface area contributed by atoms with E-state index in [1.54, 1.807) is 31.4 Å². The second-order valence-corrected chi connectivity index (χ2v) is 6.27. The highest BCUT2D eigenvalue weighted by molar-refractivity contribution is 7.99. The van der Waals surface area contributed by atoms with Crippen molar-refractivity contribution >= 4 is 23.4 Å². The zero-order valence-electron chi connectivity index (χ0n) is 13.9. The van der Waals surface area contributed by atoms with Gasteiger partial charge < -0.3 is 14.8 Å². The van der Waals surface area contributed by atoms with E-state index in [4.69, 9.17) is 9.47 Å². The second-order valence-electron chi connectivity index (χ2n) is 5.21. The molecule has 25 heavy (non-hydrogen) atoms. The number of anilines is 1. The van der Waals surface area contributed by atoms with Crippen molar-refractivity contribution in [3.63, 3.8) is 0 Å². The number of hydrogen-bond donors (Lipinski definition) is 1. The summed E-state index contributed by atoms with van der Waals surface area (Å²) in [5, 5.41) is 2.67. The van der Waals surface area contributed by atoms with Gasteiger partial charge in [-0.15, -0.1) is 0 Å². The van der Waals surface area contributed by atoms with E-state index in [1.165, 1.54) is 6.07 Å². The van der Waals surface area contributed by atoms with Crippen molar-refractivity contribution in [3.8, 4) is 11.5 Å². The first kappa shape index (κ1) is 19.1. The number of benzene rings is 2. The lowest BCUT2D eigenvalue weighted by Gasteiger charge is -2.11. The third-order valence-electron chi connectivity index (χ3n) is 3.25. The first-order valence-corrected chi connectivity index (χ1v) is 8.48. The molecule has 0 aromatic heterocycles. The number of ether oxygens (including phenoxy) is 2. The molecule has 4 nitrogen and oxygen atoms in total. The fourth-order valence-corrected chi connectivity index (χ4v) is 2.68. The van der Waals surface area contributed by atoms with Gasteiger partial charge in [-0.1, -0.05) is 23.9 Å².